The first-order valence-electron chi connectivity index (χ1n) is 6.48. The SMILES string of the molecule is CC(C)(C)c1ccc(-c2ccc3scnc3c2)cc1. The molecule has 1 aromatic heterocycles. The zero-order valence-electron chi connectivity index (χ0n) is 11.5. The molecule has 0 spiro atoms. The van der Waals surface area contributed by atoms with E-state index in [9.17, 15) is 0 Å². The van der Waals surface area contributed by atoms with Crippen LogP contribution in [0.25, 0.3) is 21.3 Å². The molecule has 0 amide bonds. The van der Waals surface area contributed by atoms with Crippen molar-refractivity contribution in [1.82, 2.24) is 4.98 Å². The van der Waals surface area contributed by atoms with Gasteiger partial charge in [0.15, 0.2) is 0 Å². The molecule has 0 fully saturated rings. The highest BCUT2D eigenvalue weighted by atomic mass is 32.1. The van der Waals surface area contributed by atoms with Crippen LogP contribution in [-0.2, 0) is 5.41 Å². The van der Waals surface area contributed by atoms with E-state index < -0.39 is 0 Å². The minimum Gasteiger partial charge on any atom is -0.245 e. The van der Waals surface area contributed by atoms with E-state index in [1.54, 1.807) is 11.3 Å². The number of thiazole rings is 1. The van der Waals surface area contributed by atoms with Gasteiger partial charge in [-0.1, -0.05) is 51.1 Å². The highest BCUT2D eigenvalue weighted by molar-refractivity contribution is 7.16. The summed E-state index contributed by atoms with van der Waals surface area (Å²) in [5, 5.41) is 0. The second-order valence-corrected chi connectivity index (χ2v) is 6.75. The zero-order chi connectivity index (χ0) is 13.5. The fourth-order valence-corrected chi connectivity index (χ4v) is 2.86. The standard InChI is InChI=1S/C17H17NS/c1-17(2,3)14-7-4-12(5-8-14)13-6-9-16-15(10-13)18-11-19-16/h4-11H,1-3H3. The van der Waals surface area contributed by atoms with Gasteiger partial charge in [0.2, 0.25) is 0 Å². The topological polar surface area (TPSA) is 12.9 Å². The Morgan fingerprint density at radius 3 is 2.26 bits per heavy atom. The first-order chi connectivity index (χ1) is 9.04. The molecule has 96 valence electrons. The van der Waals surface area contributed by atoms with Crippen LogP contribution >= 0.6 is 11.3 Å². The highest BCUT2D eigenvalue weighted by Gasteiger charge is 2.13. The number of nitrogens with zero attached hydrogens (tertiary/aromatic N) is 1. The zero-order valence-corrected chi connectivity index (χ0v) is 12.3. The molecule has 0 bridgehead atoms. The smallest absolute Gasteiger partial charge is 0.0818 e. The quantitative estimate of drug-likeness (QED) is 0.586. The number of fused-ring (bicyclic) bond motifs is 1. The van der Waals surface area contributed by atoms with E-state index in [1.807, 2.05) is 5.51 Å². The fourth-order valence-electron chi connectivity index (χ4n) is 2.20. The molecular weight excluding hydrogens is 250 g/mol. The van der Waals surface area contributed by atoms with Crippen molar-refractivity contribution in [2.45, 2.75) is 26.2 Å². The van der Waals surface area contributed by atoms with Gasteiger partial charge in [-0.25, -0.2) is 4.98 Å². The summed E-state index contributed by atoms with van der Waals surface area (Å²) >= 11 is 1.69. The van der Waals surface area contributed by atoms with Gasteiger partial charge in [-0.15, -0.1) is 11.3 Å². The van der Waals surface area contributed by atoms with Crippen molar-refractivity contribution in [1.29, 1.82) is 0 Å². The average Bonchev–Trinajstić information content (AvgIpc) is 2.85. The van der Waals surface area contributed by atoms with Crippen LogP contribution in [0.5, 0.6) is 0 Å². The maximum atomic E-state index is 4.38. The molecule has 0 aliphatic carbocycles. The van der Waals surface area contributed by atoms with Crippen LogP contribution in [0, 0.1) is 0 Å². The largest absolute Gasteiger partial charge is 0.245 e. The summed E-state index contributed by atoms with van der Waals surface area (Å²) < 4.78 is 1.25. The summed E-state index contributed by atoms with van der Waals surface area (Å²) in [6.45, 7) is 6.72. The lowest BCUT2D eigenvalue weighted by atomic mass is 9.86. The summed E-state index contributed by atoms with van der Waals surface area (Å²) in [7, 11) is 0. The van der Waals surface area contributed by atoms with Crippen LogP contribution in [0.15, 0.2) is 48.0 Å². The molecule has 0 aliphatic heterocycles. The summed E-state index contributed by atoms with van der Waals surface area (Å²) in [6, 6.07) is 15.3. The Labute approximate surface area is 117 Å². The van der Waals surface area contributed by atoms with E-state index in [0.29, 0.717) is 0 Å². The third kappa shape index (κ3) is 2.41. The third-order valence-corrected chi connectivity index (χ3v) is 4.22. The lowest BCUT2D eigenvalue weighted by Crippen LogP contribution is -2.10. The Morgan fingerprint density at radius 1 is 0.895 bits per heavy atom. The van der Waals surface area contributed by atoms with Gasteiger partial charge >= 0.3 is 0 Å². The van der Waals surface area contributed by atoms with E-state index in [1.165, 1.54) is 21.4 Å². The lowest BCUT2D eigenvalue weighted by molar-refractivity contribution is 0.590. The van der Waals surface area contributed by atoms with Crippen LogP contribution < -0.4 is 0 Å². The maximum absolute atomic E-state index is 4.38. The molecule has 2 aromatic carbocycles. The predicted molar refractivity (Wildman–Crippen MR) is 83.8 cm³/mol. The molecule has 3 rings (SSSR count). The molecular formula is C17H17NS. The summed E-state index contributed by atoms with van der Waals surface area (Å²) in [6.07, 6.45) is 0. The van der Waals surface area contributed by atoms with Crippen molar-refractivity contribution in [2.24, 2.45) is 0 Å². The van der Waals surface area contributed by atoms with Crippen LogP contribution in [0.3, 0.4) is 0 Å². The van der Waals surface area contributed by atoms with Gasteiger partial charge in [0, 0.05) is 0 Å². The first-order valence-corrected chi connectivity index (χ1v) is 7.36. The second kappa shape index (κ2) is 4.46. The average molecular weight is 267 g/mol. The number of hydrogen-bond donors (Lipinski definition) is 0. The molecule has 0 atom stereocenters. The van der Waals surface area contributed by atoms with E-state index in [0.717, 1.165) is 5.52 Å². The van der Waals surface area contributed by atoms with Gasteiger partial charge in [-0.3, -0.25) is 0 Å². The molecule has 0 saturated heterocycles. The molecule has 3 aromatic rings. The molecule has 0 unspecified atom stereocenters. The number of rotatable bonds is 1. The fraction of sp³-hybridized carbons (Fsp3) is 0.235. The number of aromatic nitrogens is 1. The Hall–Kier alpha value is -1.67. The van der Waals surface area contributed by atoms with Crippen molar-refractivity contribution in [2.75, 3.05) is 0 Å². The minimum atomic E-state index is 0.206. The molecule has 1 nitrogen and oxygen atoms in total. The molecule has 0 aliphatic rings. The van der Waals surface area contributed by atoms with Crippen LogP contribution in [0.2, 0.25) is 0 Å². The van der Waals surface area contributed by atoms with Crippen LogP contribution in [0.4, 0.5) is 0 Å². The lowest BCUT2D eigenvalue weighted by Gasteiger charge is -2.19. The Balaban J connectivity index is 2.01. The normalized spacial score (nSPS) is 11.9. The van der Waals surface area contributed by atoms with E-state index in [2.05, 4.69) is 68.2 Å². The summed E-state index contributed by atoms with van der Waals surface area (Å²) in [4.78, 5) is 4.38. The number of benzene rings is 2. The van der Waals surface area contributed by atoms with Crippen molar-refractivity contribution < 1.29 is 0 Å². The molecule has 1 heterocycles. The molecule has 0 saturated carbocycles. The van der Waals surface area contributed by atoms with Crippen LogP contribution in [-0.4, -0.2) is 4.98 Å². The molecule has 0 N–H and O–H groups in total. The van der Waals surface area contributed by atoms with Crippen LogP contribution in [0.1, 0.15) is 26.3 Å². The third-order valence-electron chi connectivity index (χ3n) is 3.41. The van der Waals surface area contributed by atoms with Crippen molar-refractivity contribution in [3.63, 3.8) is 0 Å². The van der Waals surface area contributed by atoms with Gasteiger partial charge in [0.1, 0.15) is 0 Å². The molecule has 0 radical (unpaired) electrons. The second-order valence-electron chi connectivity index (χ2n) is 5.86. The molecule has 19 heavy (non-hydrogen) atoms. The summed E-state index contributed by atoms with van der Waals surface area (Å²) in [5.74, 6) is 0. The highest BCUT2D eigenvalue weighted by Crippen LogP contribution is 2.28. The van der Waals surface area contributed by atoms with Crippen molar-refractivity contribution in [3.05, 3.63) is 53.5 Å². The van der Waals surface area contributed by atoms with Gasteiger partial charge in [0.05, 0.1) is 15.7 Å². The van der Waals surface area contributed by atoms with E-state index in [-0.39, 0.29) is 5.41 Å². The first kappa shape index (κ1) is 12.4. The Morgan fingerprint density at radius 2 is 1.58 bits per heavy atom. The van der Waals surface area contributed by atoms with E-state index >= 15 is 0 Å². The van der Waals surface area contributed by atoms with Gasteiger partial charge in [-0.05, 0) is 34.2 Å². The maximum Gasteiger partial charge on any atom is 0.0818 e. The monoisotopic (exact) mass is 267 g/mol. The summed E-state index contributed by atoms with van der Waals surface area (Å²) in [5.41, 5.74) is 7.05. The van der Waals surface area contributed by atoms with E-state index in [4.69, 9.17) is 0 Å². The molecule has 2 heteroatoms. The minimum absolute atomic E-state index is 0.206. The van der Waals surface area contributed by atoms with Crippen molar-refractivity contribution in [3.8, 4) is 11.1 Å². The Kier molecular flexibility index (Phi) is 2.90. The van der Waals surface area contributed by atoms with Gasteiger partial charge in [-0.2, -0.15) is 0 Å². The van der Waals surface area contributed by atoms with Gasteiger partial charge in [0.25, 0.3) is 0 Å². The predicted octanol–water partition coefficient (Wildman–Crippen LogP) is 5.26. The van der Waals surface area contributed by atoms with Crippen molar-refractivity contribution >= 4 is 21.6 Å². The Bertz CT molecular complexity index is 702. The number of hydrogen-bond acceptors (Lipinski definition) is 2. The van der Waals surface area contributed by atoms with Gasteiger partial charge < -0.3 is 0 Å².